The summed E-state index contributed by atoms with van der Waals surface area (Å²) in [6, 6.07) is 11.9. The lowest BCUT2D eigenvalue weighted by atomic mass is 10.2. The zero-order chi connectivity index (χ0) is 22.9. The van der Waals surface area contributed by atoms with E-state index >= 15 is 0 Å². The number of carbonyl (C=O) groups excluding carboxylic acids is 1. The molecule has 1 amide bonds. The minimum Gasteiger partial charge on any atom is -0.497 e. The Morgan fingerprint density at radius 2 is 1.69 bits per heavy atom. The molecule has 1 fully saturated rings. The third-order valence-electron chi connectivity index (χ3n) is 5.18. The van der Waals surface area contributed by atoms with Crippen molar-refractivity contribution in [2.75, 3.05) is 38.2 Å². The van der Waals surface area contributed by atoms with E-state index < -0.39 is 29.3 Å². The summed E-state index contributed by atoms with van der Waals surface area (Å²) >= 11 is 0. The lowest BCUT2D eigenvalue weighted by molar-refractivity contribution is -0.143. The molecule has 0 spiro atoms. The number of methoxy groups -OCH3 is 1. The number of anilines is 1. The number of alkyl halides is 3. The maximum absolute atomic E-state index is 13.8. The first-order chi connectivity index (χ1) is 15.3. The zero-order valence-electron chi connectivity index (χ0n) is 17.0. The monoisotopic (exact) mass is 449 g/mol. The summed E-state index contributed by atoms with van der Waals surface area (Å²) in [4.78, 5) is 16.2. The molecule has 168 valence electrons. The van der Waals surface area contributed by atoms with E-state index in [-0.39, 0.29) is 18.8 Å². The molecule has 2 aromatic carbocycles. The Labute approximate surface area is 180 Å². The molecule has 32 heavy (non-hydrogen) atoms. The van der Waals surface area contributed by atoms with Crippen molar-refractivity contribution in [2.45, 2.75) is 6.18 Å². The Hall–Kier alpha value is -3.63. The molecular weight excluding hydrogens is 430 g/mol. The van der Waals surface area contributed by atoms with Crippen LogP contribution in [0.1, 0.15) is 16.2 Å². The Morgan fingerprint density at radius 1 is 1.00 bits per heavy atom. The number of rotatable bonds is 4. The molecule has 3 aromatic rings. The van der Waals surface area contributed by atoms with Crippen LogP contribution >= 0.6 is 0 Å². The molecule has 1 aliphatic rings. The number of halogens is 4. The standard InChI is InChI=1S/C21H19F4N5O2/c1-32-17-7-3-5-15(13-17)28-8-10-29(11-9-28)20(31)18-19(21(23,24)25)30(27-26-18)16-6-2-4-14(22)12-16/h2-7,12-13H,8-11H2,1H3. The maximum Gasteiger partial charge on any atom is 0.435 e. The fourth-order valence-corrected chi connectivity index (χ4v) is 3.59. The zero-order valence-corrected chi connectivity index (χ0v) is 17.0. The molecule has 11 heteroatoms. The molecule has 1 aromatic heterocycles. The van der Waals surface area contributed by atoms with E-state index in [0.29, 0.717) is 23.5 Å². The van der Waals surface area contributed by atoms with Gasteiger partial charge in [0, 0.05) is 37.9 Å². The normalized spacial score (nSPS) is 14.5. The van der Waals surface area contributed by atoms with Gasteiger partial charge >= 0.3 is 6.18 Å². The van der Waals surface area contributed by atoms with Crippen molar-refractivity contribution in [3.63, 3.8) is 0 Å². The third-order valence-corrected chi connectivity index (χ3v) is 5.18. The van der Waals surface area contributed by atoms with Gasteiger partial charge in [-0.15, -0.1) is 5.10 Å². The molecule has 0 aliphatic carbocycles. The summed E-state index contributed by atoms with van der Waals surface area (Å²) in [5.41, 5.74) is -1.42. The van der Waals surface area contributed by atoms with E-state index in [4.69, 9.17) is 4.74 Å². The summed E-state index contributed by atoms with van der Waals surface area (Å²) in [7, 11) is 1.56. The number of nitrogens with zero attached hydrogens (tertiary/aromatic N) is 5. The van der Waals surface area contributed by atoms with Crippen LogP contribution in [0.2, 0.25) is 0 Å². The second-order valence-electron chi connectivity index (χ2n) is 7.16. The van der Waals surface area contributed by atoms with Gasteiger partial charge in [0.1, 0.15) is 11.6 Å². The first-order valence-corrected chi connectivity index (χ1v) is 9.75. The number of ether oxygens (including phenoxy) is 1. The fraction of sp³-hybridized carbons (Fsp3) is 0.286. The number of benzene rings is 2. The van der Waals surface area contributed by atoms with E-state index in [2.05, 4.69) is 10.3 Å². The second-order valence-corrected chi connectivity index (χ2v) is 7.16. The highest BCUT2D eigenvalue weighted by Crippen LogP contribution is 2.33. The van der Waals surface area contributed by atoms with Gasteiger partial charge in [-0.1, -0.05) is 17.3 Å². The first kappa shape index (κ1) is 21.6. The van der Waals surface area contributed by atoms with Crippen LogP contribution in [0.3, 0.4) is 0 Å². The number of piperazine rings is 1. The van der Waals surface area contributed by atoms with Crippen molar-refractivity contribution in [2.24, 2.45) is 0 Å². The van der Waals surface area contributed by atoms with Gasteiger partial charge in [0.25, 0.3) is 5.91 Å². The van der Waals surface area contributed by atoms with Crippen LogP contribution < -0.4 is 9.64 Å². The van der Waals surface area contributed by atoms with E-state index in [9.17, 15) is 22.4 Å². The van der Waals surface area contributed by atoms with Crippen LogP contribution in [0.5, 0.6) is 5.75 Å². The quantitative estimate of drug-likeness (QED) is 0.572. The lowest BCUT2D eigenvalue weighted by Crippen LogP contribution is -2.49. The summed E-state index contributed by atoms with van der Waals surface area (Å²) in [5, 5.41) is 7.01. The molecule has 0 N–H and O–H groups in total. The van der Waals surface area contributed by atoms with E-state index in [1.165, 1.54) is 17.0 Å². The van der Waals surface area contributed by atoms with Gasteiger partial charge < -0.3 is 14.5 Å². The summed E-state index contributed by atoms with van der Waals surface area (Å²) in [5.74, 6) is -0.914. The largest absolute Gasteiger partial charge is 0.497 e. The summed E-state index contributed by atoms with van der Waals surface area (Å²) in [6.07, 6.45) is -4.91. The summed E-state index contributed by atoms with van der Waals surface area (Å²) < 4.78 is 60.7. The van der Waals surface area contributed by atoms with Crippen molar-refractivity contribution in [3.05, 3.63) is 65.7 Å². The van der Waals surface area contributed by atoms with Crippen molar-refractivity contribution < 1.29 is 27.1 Å². The van der Waals surface area contributed by atoms with Crippen LogP contribution in [0, 0.1) is 5.82 Å². The smallest absolute Gasteiger partial charge is 0.435 e. The van der Waals surface area contributed by atoms with E-state index in [1.54, 1.807) is 7.11 Å². The summed E-state index contributed by atoms with van der Waals surface area (Å²) in [6.45, 7) is 1.27. The van der Waals surface area contributed by atoms with Crippen LogP contribution in [-0.2, 0) is 6.18 Å². The molecule has 1 aliphatic heterocycles. The minimum atomic E-state index is -4.91. The third kappa shape index (κ3) is 4.23. The highest BCUT2D eigenvalue weighted by atomic mass is 19.4. The highest BCUT2D eigenvalue weighted by Gasteiger charge is 2.43. The fourth-order valence-electron chi connectivity index (χ4n) is 3.59. The second kappa shape index (κ2) is 8.48. The Morgan fingerprint density at radius 3 is 2.34 bits per heavy atom. The molecule has 2 heterocycles. The lowest BCUT2D eigenvalue weighted by Gasteiger charge is -2.36. The van der Waals surface area contributed by atoms with E-state index in [0.717, 1.165) is 17.8 Å². The van der Waals surface area contributed by atoms with Crippen molar-refractivity contribution >= 4 is 11.6 Å². The number of amides is 1. The SMILES string of the molecule is COc1cccc(N2CCN(C(=O)c3nnn(-c4cccc(F)c4)c3C(F)(F)F)CC2)c1. The number of hydrogen-bond acceptors (Lipinski definition) is 5. The van der Waals surface area contributed by atoms with Gasteiger partial charge in [-0.2, -0.15) is 13.2 Å². The molecule has 1 saturated heterocycles. The molecule has 0 radical (unpaired) electrons. The van der Waals surface area contributed by atoms with Crippen LogP contribution in [0.15, 0.2) is 48.5 Å². The van der Waals surface area contributed by atoms with Gasteiger partial charge in [0.05, 0.1) is 12.8 Å². The van der Waals surface area contributed by atoms with E-state index in [1.807, 2.05) is 29.2 Å². The van der Waals surface area contributed by atoms with Gasteiger partial charge in [0.15, 0.2) is 11.4 Å². The highest BCUT2D eigenvalue weighted by molar-refractivity contribution is 5.93. The number of aromatic nitrogens is 3. The van der Waals surface area contributed by atoms with Gasteiger partial charge in [-0.05, 0) is 30.3 Å². The van der Waals surface area contributed by atoms with Crippen molar-refractivity contribution in [1.29, 1.82) is 0 Å². The predicted octanol–water partition coefficient (Wildman–Crippen LogP) is 3.40. The van der Waals surface area contributed by atoms with Crippen molar-refractivity contribution in [3.8, 4) is 11.4 Å². The maximum atomic E-state index is 13.8. The van der Waals surface area contributed by atoms with Gasteiger partial charge in [-0.3, -0.25) is 4.79 Å². The van der Waals surface area contributed by atoms with Crippen LogP contribution in [-0.4, -0.2) is 59.1 Å². The molecule has 7 nitrogen and oxygen atoms in total. The predicted molar refractivity (Wildman–Crippen MR) is 107 cm³/mol. The Bertz CT molecular complexity index is 1120. The molecule has 0 unspecified atom stereocenters. The molecular formula is C21H19F4N5O2. The van der Waals surface area contributed by atoms with Gasteiger partial charge in [0.2, 0.25) is 0 Å². The molecule has 0 atom stereocenters. The topological polar surface area (TPSA) is 63.5 Å². The minimum absolute atomic E-state index is 0.174. The number of carbonyl (C=O) groups is 1. The Balaban J connectivity index is 1.56. The Kier molecular flexibility index (Phi) is 5.72. The van der Waals surface area contributed by atoms with Crippen LogP contribution in [0.25, 0.3) is 5.69 Å². The number of hydrogen-bond donors (Lipinski definition) is 0. The molecule has 0 bridgehead atoms. The molecule has 4 rings (SSSR count). The average Bonchev–Trinajstić information content (AvgIpc) is 3.25. The van der Waals surface area contributed by atoms with Crippen LogP contribution in [0.4, 0.5) is 23.2 Å². The average molecular weight is 449 g/mol. The van der Waals surface area contributed by atoms with Gasteiger partial charge in [-0.25, -0.2) is 9.07 Å². The first-order valence-electron chi connectivity index (χ1n) is 9.75. The molecule has 0 saturated carbocycles. The van der Waals surface area contributed by atoms with Crippen molar-refractivity contribution in [1.82, 2.24) is 19.9 Å².